The van der Waals surface area contributed by atoms with Crippen LogP contribution in [0.1, 0.15) is 0 Å². The monoisotopic (exact) mass is 391 g/mol. The second kappa shape index (κ2) is 7.01. The number of ether oxygens (including phenoxy) is 1. The van der Waals surface area contributed by atoms with E-state index in [2.05, 4.69) is 4.40 Å². The predicted molar refractivity (Wildman–Crippen MR) is 113 cm³/mol. The molecule has 0 radical (unpaired) electrons. The molecule has 3 aromatic rings. The first kappa shape index (κ1) is 18.1. The summed E-state index contributed by atoms with van der Waals surface area (Å²) in [5.74, 6) is 0.440. The van der Waals surface area contributed by atoms with E-state index in [1.54, 1.807) is 18.2 Å². The molecule has 7 heteroatoms. The number of sulfonamides is 1. The number of nitrogens with zero attached hydrogens (tertiary/aromatic N) is 3. The molecule has 0 unspecified atom stereocenters. The molecule has 1 aromatic heterocycles. The Morgan fingerprint density at radius 3 is 2.11 bits per heavy atom. The fourth-order valence-corrected chi connectivity index (χ4v) is 3.56. The van der Waals surface area contributed by atoms with E-state index in [0.29, 0.717) is 17.2 Å². The molecule has 0 aliphatic heterocycles. The van der Waals surface area contributed by atoms with Gasteiger partial charge in [-0.15, -0.1) is 0 Å². The molecule has 0 bridgehead atoms. The Morgan fingerprint density at radius 1 is 0.929 bits per heavy atom. The average molecular weight is 391 g/mol. The van der Waals surface area contributed by atoms with Crippen LogP contribution in [-0.4, -0.2) is 38.2 Å². The van der Waals surface area contributed by atoms with Crippen molar-refractivity contribution in [2.75, 3.05) is 13.4 Å². The zero-order valence-electron chi connectivity index (χ0n) is 15.3. The summed E-state index contributed by atoms with van der Waals surface area (Å²) < 4.78 is 32.0. The molecule has 0 saturated heterocycles. The van der Waals surface area contributed by atoms with Crippen molar-refractivity contribution in [1.29, 1.82) is 0 Å². The number of aromatic nitrogens is 1. The summed E-state index contributed by atoms with van der Waals surface area (Å²) in [6.07, 6.45) is 5.92. The van der Waals surface area contributed by atoms with Crippen molar-refractivity contribution >= 4 is 48.9 Å². The maximum absolute atomic E-state index is 11.4. The molecule has 1 aliphatic rings. The van der Waals surface area contributed by atoms with Crippen molar-refractivity contribution in [3.8, 4) is 0 Å². The quantitative estimate of drug-likeness (QED) is 0.500. The summed E-state index contributed by atoms with van der Waals surface area (Å²) in [4.78, 5) is 9.55. The van der Waals surface area contributed by atoms with Crippen molar-refractivity contribution in [3.05, 3.63) is 72.5 Å². The number of fused-ring (bicyclic) bond motifs is 2. The van der Waals surface area contributed by atoms with E-state index in [9.17, 15) is 8.42 Å². The third-order valence-corrected chi connectivity index (χ3v) is 4.77. The lowest BCUT2D eigenvalue weighted by atomic mass is 10.1. The molecule has 4 rings (SSSR count). The molecule has 0 amide bonds. The Balaban J connectivity index is 1.93. The van der Waals surface area contributed by atoms with Crippen LogP contribution < -0.4 is 0 Å². The fraction of sp³-hybridized carbons (Fsp3) is 0.0952. The molecule has 0 fully saturated rings. The molecule has 0 saturated carbocycles. The standard InChI is InChI=1S/C21H17N3O3S/c1-27-20-13-14(24-28(2,25)26)11-12-19(20)23-21-15-7-3-5-9-17(15)22-18-10-6-4-8-16(18)21/h3-13H,1-2H3. The number of methoxy groups -OCH3 is 1. The van der Waals surface area contributed by atoms with Crippen molar-refractivity contribution in [3.63, 3.8) is 0 Å². The maximum Gasteiger partial charge on any atom is 0.250 e. The molecular weight excluding hydrogens is 374 g/mol. The number of pyridine rings is 1. The lowest BCUT2D eigenvalue weighted by molar-refractivity contribution is 0.316. The Morgan fingerprint density at radius 2 is 1.54 bits per heavy atom. The molecule has 140 valence electrons. The van der Waals surface area contributed by atoms with Gasteiger partial charge in [0.05, 0.1) is 35.8 Å². The summed E-state index contributed by atoms with van der Waals surface area (Å²) in [6.45, 7) is 0. The van der Waals surface area contributed by atoms with E-state index >= 15 is 0 Å². The Labute approximate surface area is 162 Å². The normalized spacial score (nSPS) is 17.4. The van der Waals surface area contributed by atoms with Crippen molar-refractivity contribution in [1.82, 2.24) is 4.98 Å². The van der Waals surface area contributed by atoms with Crippen LogP contribution >= 0.6 is 0 Å². The topological polar surface area (TPSA) is 81.0 Å². The van der Waals surface area contributed by atoms with Crippen molar-refractivity contribution < 1.29 is 13.2 Å². The smallest absolute Gasteiger partial charge is 0.250 e. The van der Waals surface area contributed by atoms with Gasteiger partial charge in [-0.1, -0.05) is 36.4 Å². The molecule has 2 aromatic carbocycles. The lowest BCUT2D eigenvalue weighted by Crippen LogP contribution is -2.11. The Bertz CT molecular complexity index is 1270. The average Bonchev–Trinajstić information content (AvgIpc) is 2.67. The zero-order chi connectivity index (χ0) is 19.7. The van der Waals surface area contributed by atoms with E-state index < -0.39 is 10.0 Å². The van der Waals surface area contributed by atoms with Crippen LogP contribution in [0.4, 0.5) is 5.69 Å². The Hall–Kier alpha value is -3.32. The van der Waals surface area contributed by atoms with Crippen LogP contribution in [0.2, 0.25) is 0 Å². The third kappa shape index (κ3) is 3.57. The minimum Gasteiger partial charge on any atom is -0.494 e. The van der Waals surface area contributed by atoms with Gasteiger partial charge in [-0.05, 0) is 24.3 Å². The summed E-state index contributed by atoms with van der Waals surface area (Å²) in [5.41, 5.74) is 3.36. The van der Waals surface area contributed by atoms with Crippen molar-refractivity contribution in [2.24, 2.45) is 9.39 Å². The first-order chi connectivity index (χ1) is 13.4. The van der Waals surface area contributed by atoms with Gasteiger partial charge >= 0.3 is 0 Å². The van der Waals surface area contributed by atoms with Crippen LogP contribution in [0, 0.1) is 0 Å². The van der Waals surface area contributed by atoms with Gasteiger partial charge in [-0.25, -0.2) is 18.4 Å². The largest absolute Gasteiger partial charge is 0.494 e. The number of hydrogen-bond acceptors (Lipinski definition) is 5. The van der Waals surface area contributed by atoms with Gasteiger partial charge in [0.2, 0.25) is 0 Å². The van der Waals surface area contributed by atoms with Gasteiger partial charge in [-0.3, -0.25) is 0 Å². The van der Waals surface area contributed by atoms with E-state index in [4.69, 9.17) is 14.7 Å². The van der Waals surface area contributed by atoms with Gasteiger partial charge in [0.25, 0.3) is 10.0 Å². The Kier molecular flexibility index (Phi) is 4.52. The van der Waals surface area contributed by atoms with Crippen LogP contribution in [-0.2, 0) is 14.8 Å². The minimum absolute atomic E-state index is 0.294. The SMILES string of the molecule is COC1=CC(=NS(C)(=O)=O)C=CC1=Nc1c2ccccc2nc2ccccc12. The summed E-state index contributed by atoms with van der Waals surface area (Å²) in [7, 11) is -1.99. The molecular formula is C21H17N3O3S. The van der Waals surface area contributed by atoms with Gasteiger partial charge < -0.3 is 4.74 Å². The molecule has 0 N–H and O–H groups in total. The fourth-order valence-electron chi connectivity index (χ4n) is 3.07. The molecule has 1 heterocycles. The second-order valence-electron chi connectivity index (χ2n) is 6.29. The number of allylic oxidation sites excluding steroid dienone is 3. The number of aliphatic imine (C=N–C) groups is 1. The first-order valence-electron chi connectivity index (χ1n) is 8.55. The molecule has 0 spiro atoms. The molecule has 1 aliphatic carbocycles. The van der Waals surface area contributed by atoms with E-state index in [1.165, 1.54) is 7.11 Å². The highest BCUT2D eigenvalue weighted by Gasteiger charge is 2.15. The van der Waals surface area contributed by atoms with E-state index in [-0.39, 0.29) is 0 Å². The van der Waals surface area contributed by atoms with Crippen LogP contribution in [0.5, 0.6) is 0 Å². The summed E-state index contributed by atoms with van der Waals surface area (Å²) in [6, 6.07) is 15.6. The minimum atomic E-state index is -3.50. The lowest BCUT2D eigenvalue weighted by Gasteiger charge is -2.13. The third-order valence-electron chi connectivity index (χ3n) is 4.23. The van der Waals surface area contributed by atoms with Crippen LogP contribution in [0.3, 0.4) is 0 Å². The van der Waals surface area contributed by atoms with E-state index in [1.807, 2.05) is 48.5 Å². The molecule has 0 atom stereocenters. The van der Waals surface area contributed by atoms with Gasteiger partial charge in [0, 0.05) is 16.8 Å². The van der Waals surface area contributed by atoms with E-state index in [0.717, 1.165) is 33.7 Å². The van der Waals surface area contributed by atoms with Crippen molar-refractivity contribution in [2.45, 2.75) is 0 Å². The van der Waals surface area contributed by atoms with Gasteiger partial charge in [0.15, 0.2) is 0 Å². The second-order valence-corrected chi connectivity index (χ2v) is 7.94. The summed E-state index contributed by atoms with van der Waals surface area (Å²) in [5, 5.41) is 1.85. The number of rotatable bonds is 3. The number of para-hydroxylation sites is 2. The maximum atomic E-state index is 11.4. The predicted octanol–water partition coefficient (Wildman–Crippen LogP) is 3.96. The number of hydrogen-bond donors (Lipinski definition) is 0. The molecule has 6 nitrogen and oxygen atoms in total. The van der Waals surface area contributed by atoms with Crippen LogP contribution in [0.25, 0.3) is 21.8 Å². The summed E-state index contributed by atoms with van der Waals surface area (Å²) >= 11 is 0. The zero-order valence-corrected chi connectivity index (χ0v) is 16.1. The highest BCUT2D eigenvalue weighted by Crippen LogP contribution is 2.34. The highest BCUT2D eigenvalue weighted by atomic mass is 32.2. The van der Waals surface area contributed by atoms with Gasteiger partial charge in [0.1, 0.15) is 11.5 Å². The first-order valence-corrected chi connectivity index (χ1v) is 10.4. The molecule has 28 heavy (non-hydrogen) atoms. The number of benzene rings is 2. The van der Waals surface area contributed by atoms with Crippen LogP contribution in [0.15, 0.2) is 81.9 Å². The highest BCUT2D eigenvalue weighted by molar-refractivity contribution is 7.89. The van der Waals surface area contributed by atoms with Gasteiger partial charge in [-0.2, -0.15) is 4.40 Å².